The molecule has 1 unspecified atom stereocenters. The predicted octanol–water partition coefficient (Wildman–Crippen LogP) is 3.91. The van der Waals surface area contributed by atoms with Gasteiger partial charge in [-0.1, -0.05) is 36.5 Å². The highest BCUT2D eigenvalue weighted by Crippen LogP contribution is 2.21. The van der Waals surface area contributed by atoms with Crippen LogP contribution in [0.2, 0.25) is 5.02 Å². The van der Waals surface area contributed by atoms with Gasteiger partial charge in [-0.3, -0.25) is 9.69 Å². The van der Waals surface area contributed by atoms with E-state index in [1.807, 2.05) is 12.1 Å². The lowest BCUT2D eigenvalue weighted by Crippen LogP contribution is -2.42. The molecule has 1 fully saturated rings. The van der Waals surface area contributed by atoms with Crippen molar-refractivity contribution in [3.63, 3.8) is 0 Å². The van der Waals surface area contributed by atoms with Gasteiger partial charge in [-0.2, -0.15) is 4.98 Å². The number of benzene rings is 1. The molecule has 27 heavy (non-hydrogen) atoms. The number of carbonyl (C=O) groups excluding carboxylic acids is 1. The standard InChI is InChI=1S/C20H27ClN4O2/c1-2-3-4-11-22-20(26)16-6-5-12-25(13-16)14-18-23-19(24-27-18)15-7-9-17(21)10-8-15/h7-10,16H,2-6,11-14H2,1H3,(H,22,26). The summed E-state index contributed by atoms with van der Waals surface area (Å²) in [5.74, 6) is 1.34. The molecule has 1 aromatic carbocycles. The second kappa shape index (κ2) is 9.85. The quantitative estimate of drug-likeness (QED) is 0.692. The second-order valence-corrected chi connectivity index (χ2v) is 7.53. The molecule has 3 rings (SSSR count). The van der Waals surface area contributed by atoms with Crippen LogP contribution < -0.4 is 5.32 Å². The first-order chi connectivity index (χ1) is 13.2. The summed E-state index contributed by atoms with van der Waals surface area (Å²) in [6.45, 7) is 5.19. The molecule has 1 amide bonds. The minimum atomic E-state index is 0.0408. The molecule has 2 heterocycles. The van der Waals surface area contributed by atoms with E-state index in [4.69, 9.17) is 16.1 Å². The van der Waals surface area contributed by atoms with Crippen molar-refractivity contribution >= 4 is 17.5 Å². The van der Waals surface area contributed by atoms with Crippen LogP contribution in [0.5, 0.6) is 0 Å². The maximum absolute atomic E-state index is 12.4. The summed E-state index contributed by atoms with van der Waals surface area (Å²) in [4.78, 5) is 19.1. The SMILES string of the molecule is CCCCCNC(=O)C1CCCN(Cc2nc(-c3ccc(Cl)cc3)no2)C1. The molecule has 1 aromatic heterocycles. The van der Waals surface area contributed by atoms with Gasteiger partial charge in [-0.15, -0.1) is 0 Å². The highest BCUT2D eigenvalue weighted by atomic mass is 35.5. The number of hydrogen-bond donors (Lipinski definition) is 1. The number of unbranched alkanes of at least 4 members (excludes halogenated alkanes) is 2. The zero-order valence-corrected chi connectivity index (χ0v) is 16.5. The fourth-order valence-electron chi connectivity index (χ4n) is 3.37. The van der Waals surface area contributed by atoms with Gasteiger partial charge in [0.05, 0.1) is 12.5 Å². The first-order valence-electron chi connectivity index (χ1n) is 9.74. The Balaban J connectivity index is 1.52. The number of nitrogens with zero attached hydrogens (tertiary/aromatic N) is 3. The zero-order valence-electron chi connectivity index (χ0n) is 15.8. The third-order valence-corrected chi connectivity index (χ3v) is 5.14. The first-order valence-corrected chi connectivity index (χ1v) is 10.1. The van der Waals surface area contributed by atoms with Crippen molar-refractivity contribution in [2.45, 2.75) is 45.6 Å². The molecule has 1 atom stereocenters. The van der Waals surface area contributed by atoms with Crippen molar-refractivity contribution in [2.24, 2.45) is 5.92 Å². The van der Waals surface area contributed by atoms with Gasteiger partial charge >= 0.3 is 0 Å². The molecular formula is C20H27ClN4O2. The van der Waals surface area contributed by atoms with Crippen molar-refractivity contribution < 1.29 is 9.32 Å². The highest BCUT2D eigenvalue weighted by Gasteiger charge is 2.26. The van der Waals surface area contributed by atoms with Crippen LogP contribution in [-0.2, 0) is 11.3 Å². The second-order valence-electron chi connectivity index (χ2n) is 7.09. The van der Waals surface area contributed by atoms with Crippen LogP contribution in [0.4, 0.5) is 0 Å². The van der Waals surface area contributed by atoms with Crippen LogP contribution in [0.25, 0.3) is 11.4 Å². The Bertz CT molecular complexity index is 732. The average molecular weight is 391 g/mol. The molecule has 7 heteroatoms. The topological polar surface area (TPSA) is 71.3 Å². The molecule has 6 nitrogen and oxygen atoms in total. The van der Waals surface area contributed by atoms with Gasteiger partial charge < -0.3 is 9.84 Å². The third-order valence-electron chi connectivity index (χ3n) is 4.89. The number of nitrogens with one attached hydrogen (secondary N) is 1. The van der Waals surface area contributed by atoms with Crippen LogP contribution in [0.1, 0.15) is 44.9 Å². The Labute approximate surface area is 165 Å². The number of aromatic nitrogens is 2. The fraction of sp³-hybridized carbons (Fsp3) is 0.550. The molecule has 1 saturated heterocycles. The van der Waals surface area contributed by atoms with Crippen molar-refractivity contribution in [1.29, 1.82) is 0 Å². The number of piperidine rings is 1. The lowest BCUT2D eigenvalue weighted by molar-refractivity contribution is -0.126. The smallest absolute Gasteiger partial charge is 0.241 e. The molecule has 1 N–H and O–H groups in total. The molecule has 0 bridgehead atoms. The van der Waals surface area contributed by atoms with E-state index in [2.05, 4.69) is 27.3 Å². The van der Waals surface area contributed by atoms with Crippen LogP contribution >= 0.6 is 11.6 Å². The van der Waals surface area contributed by atoms with Gasteiger partial charge in [0, 0.05) is 23.7 Å². The number of hydrogen-bond acceptors (Lipinski definition) is 5. The van der Waals surface area contributed by atoms with Gasteiger partial charge in [0.15, 0.2) is 0 Å². The van der Waals surface area contributed by atoms with E-state index in [1.54, 1.807) is 12.1 Å². The Hall–Kier alpha value is -1.92. The van der Waals surface area contributed by atoms with E-state index >= 15 is 0 Å². The molecule has 0 radical (unpaired) electrons. The summed E-state index contributed by atoms with van der Waals surface area (Å²) in [5.41, 5.74) is 0.873. The lowest BCUT2D eigenvalue weighted by atomic mass is 9.97. The van der Waals surface area contributed by atoms with Gasteiger partial charge in [0.25, 0.3) is 0 Å². The minimum Gasteiger partial charge on any atom is -0.356 e. The van der Waals surface area contributed by atoms with Crippen molar-refractivity contribution in [2.75, 3.05) is 19.6 Å². The molecule has 146 valence electrons. The van der Waals surface area contributed by atoms with Gasteiger partial charge in [0.1, 0.15) is 0 Å². The largest absolute Gasteiger partial charge is 0.356 e. The summed E-state index contributed by atoms with van der Waals surface area (Å²) >= 11 is 5.92. The van der Waals surface area contributed by atoms with Crippen LogP contribution in [-0.4, -0.2) is 40.6 Å². The summed E-state index contributed by atoms with van der Waals surface area (Å²) in [7, 11) is 0. The van der Waals surface area contributed by atoms with E-state index in [-0.39, 0.29) is 11.8 Å². The Morgan fingerprint density at radius 2 is 2.15 bits per heavy atom. The Morgan fingerprint density at radius 1 is 1.33 bits per heavy atom. The number of amides is 1. The van der Waals surface area contributed by atoms with Crippen molar-refractivity contribution in [3.8, 4) is 11.4 Å². The van der Waals surface area contributed by atoms with Crippen LogP contribution in [0.3, 0.4) is 0 Å². The van der Waals surface area contributed by atoms with Crippen LogP contribution in [0.15, 0.2) is 28.8 Å². The fourth-order valence-corrected chi connectivity index (χ4v) is 3.50. The first kappa shape index (κ1) is 19.8. The Kier molecular flexibility index (Phi) is 7.24. The summed E-state index contributed by atoms with van der Waals surface area (Å²) in [6.07, 6.45) is 5.31. The van der Waals surface area contributed by atoms with Crippen LogP contribution in [0, 0.1) is 5.92 Å². The summed E-state index contributed by atoms with van der Waals surface area (Å²) in [6, 6.07) is 7.36. The monoisotopic (exact) mass is 390 g/mol. The number of likely N-dealkylation sites (tertiary alicyclic amines) is 1. The normalized spacial score (nSPS) is 17.8. The van der Waals surface area contributed by atoms with Crippen molar-refractivity contribution in [1.82, 2.24) is 20.4 Å². The maximum atomic E-state index is 12.4. The predicted molar refractivity (Wildman–Crippen MR) is 105 cm³/mol. The maximum Gasteiger partial charge on any atom is 0.241 e. The van der Waals surface area contributed by atoms with E-state index in [9.17, 15) is 4.79 Å². The highest BCUT2D eigenvalue weighted by molar-refractivity contribution is 6.30. The summed E-state index contributed by atoms with van der Waals surface area (Å²) in [5, 5.41) is 7.81. The molecule has 1 aliphatic rings. The minimum absolute atomic E-state index is 0.0408. The lowest BCUT2D eigenvalue weighted by Gasteiger charge is -2.30. The van der Waals surface area contributed by atoms with E-state index < -0.39 is 0 Å². The number of carbonyl (C=O) groups is 1. The number of rotatable bonds is 8. The molecule has 0 saturated carbocycles. The molecule has 0 spiro atoms. The molecule has 2 aromatic rings. The zero-order chi connectivity index (χ0) is 19.1. The van der Waals surface area contributed by atoms with Gasteiger partial charge in [-0.05, 0) is 50.1 Å². The van der Waals surface area contributed by atoms with Gasteiger partial charge in [0.2, 0.25) is 17.6 Å². The molecular weight excluding hydrogens is 364 g/mol. The van der Waals surface area contributed by atoms with E-state index in [1.165, 1.54) is 0 Å². The average Bonchev–Trinajstić information content (AvgIpc) is 3.14. The third kappa shape index (κ3) is 5.78. The number of halogens is 1. The van der Waals surface area contributed by atoms with E-state index in [0.29, 0.717) is 23.3 Å². The van der Waals surface area contributed by atoms with Gasteiger partial charge in [-0.25, -0.2) is 0 Å². The molecule has 0 aliphatic carbocycles. The van der Waals surface area contributed by atoms with Crippen molar-refractivity contribution in [3.05, 3.63) is 35.2 Å². The molecule has 1 aliphatic heterocycles. The summed E-state index contributed by atoms with van der Waals surface area (Å²) < 4.78 is 5.40. The Morgan fingerprint density at radius 3 is 2.93 bits per heavy atom. The van der Waals surface area contributed by atoms with E-state index in [0.717, 1.165) is 57.3 Å².